The van der Waals surface area contributed by atoms with Gasteiger partial charge in [0.2, 0.25) is 5.91 Å². The maximum atomic E-state index is 12.5. The van der Waals surface area contributed by atoms with Crippen LogP contribution in [0.25, 0.3) is 0 Å². The van der Waals surface area contributed by atoms with Crippen LogP contribution in [0, 0.1) is 5.92 Å². The molecule has 2 heterocycles. The van der Waals surface area contributed by atoms with Crippen LogP contribution in [0.15, 0.2) is 36.4 Å². The second-order valence-corrected chi connectivity index (χ2v) is 6.25. The molecule has 2 aromatic carbocycles. The fourth-order valence-electron chi connectivity index (χ4n) is 2.90. The first-order valence-corrected chi connectivity index (χ1v) is 8.18. The summed E-state index contributed by atoms with van der Waals surface area (Å²) in [6.07, 6.45) is 0.603. The van der Waals surface area contributed by atoms with Gasteiger partial charge in [-0.25, -0.2) is 0 Å². The number of nitrogens with one attached hydrogen (secondary N) is 1. The van der Waals surface area contributed by atoms with E-state index in [2.05, 4.69) is 5.32 Å². The molecule has 0 bridgehead atoms. The lowest BCUT2D eigenvalue weighted by molar-refractivity contribution is -0.121. The molecule has 4 rings (SSSR count). The molecule has 5 nitrogen and oxygen atoms in total. The summed E-state index contributed by atoms with van der Waals surface area (Å²) in [5.74, 6) is 1.80. The van der Waals surface area contributed by atoms with Crippen LogP contribution in [-0.4, -0.2) is 25.7 Å². The second kappa shape index (κ2) is 6.24. The van der Waals surface area contributed by atoms with Gasteiger partial charge in [0.25, 0.3) is 0 Å². The maximum absolute atomic E-state index is 12.5. The molecule has 0 saturated carbocycles. The van der Waals surface area contributed by atoms with E-state index >= 15 is 0 Å². The summed E-state index contributed by atoms with van der Waals surface area (Å²) in [5, 5.41) is 3.56. The average Bonchev–Trinajstić information content (AvgIpc) is 2.61. The molecule has 6 heteroatoms. The molecule has 0 spiro atoms. The lowest BCUT2D eigenvalue weighted by Gasteiger charge is -2.25. The number of carbonyl (C=O) groups excluding carboxylic acids is 1. The molecule has 1 atom stereocenters. The van der Waals surface area contributed by atoms with Crippen LogP contribution < -0.4 is 19.5 Å². The second-order valence-electron chi connectivity index (χ2n) is 5.81. The van der Waals surface area contributed by atoms with Crippen molar-refractivity contribution in [3.63, 3.8) is 0 Å². The van der Waals surface area contributed by atoms with Gasteiger partial charge in [0.05, 0.1) is 5.92 Å². The van der Waals surface area contributed by atoms with E-state index in [0.29, 0.717) is 48.5 Å². The molecule has 1 unspecified atom stereocenters. The van der Waals surface area contributed by atoms with Gasteiger partial charge in [-0.2, -0.15) is 0 Å². The molecule has 1 N–H and O–H groups in total. The first-order valence-electron chi connectivity index (χ1n) is 7.81. The molecule has 0 radical (unpaired) electrons. The van der Waals surface area contributed by atoms with Gasteiger partial charge in [0.1, 0.15) is 25.6 Å². The minimum Gasteiger partial charge on any atom is -0.492 e. The highest BCUT2D eigenvalue weighted by Crippen LogP contribution is 2.33. The van der Waals surface area contributed by atoms with Crippen LogP contribution in [0.4, 0.5) is 5.69 Å². The van der Waals surface area contributed by atoms with Crippen molar-refractivity contribution >= 4 is 23.2 Å². The van der Waals surface area contributed by atoms with Crippen LogP contribution >= 0.6 is 11.6 Å². The number of amides is 1. The summed E-state index contributed by atoms with van der Waals surface area (Å²) >= 11 is 6.02. The van der Waals surface area contributed by atoms with Gasteiger partial charge in [-0.15, -0.1) is 0 Å². The quantitative estimate of drug-likeness (QED) is 0.907. The minimum atomic E-state index is -0.260. The summed E-state index contributed by atoms with van der Waals surface area (Å²) < 4.78 is 16.7. The van der Waals surface area contributed by atoms with Crippen molar-refractivity contribution in [2.75, 3.05) is 25.1 Å². The number of benzene rings is 2. The van der Waals surface area contributed by atoms with Crippen molar-refractivity contribution in [3.8, 4) is 17.2 Å². The van der Waals surface area contributed by atoms with Crippen molar-refractivity contribution in [2.45, 2.75) is 6.42 Å². The van der Waals surface area contributed by atoms with E-state index in [0.717, 1.165) is 11.3 Å². The van der Waals surface area contributed by atoms with Crippen LogP contribution in [0.5, 0.6) is 17.2 Å². The van der Waals surface area contributed by atoms with Gasteiger partial charge in [-0.1, -0.05) is 11.6 Å². The first-order chi connectivity index (χ1) is 11.7. The molecule has 0 saturated heterocycles. The fraction of sp³-hybridized carbons (Fsp3) is 0.278. The van der Waals surface area contributed by atoms with Crippen LogP contribution in [0.1, 0.15) is 5.56 Å². The van der Waals surface area contributed by atoms with Crippen LogP contribution in [0.2, 0.25) is 5.02 Å². The lowest BCUT2D eigenvalue weighted by Crippen LogP contribution is -2.32. The average molecular weight is 346 g/mol. The Morgan fingerprint density at radius 3 is 2.67 bits per heavy atom. The molecular weight excluding hydrogens is 330 g/mol. The molecule has 0 fully saturated rings. The molecule has 2 aliphatic rings. The van der Waals surface area contributed by atoms with E-state index in [9.17, 15) is 4.79 Å². The van der Waals surface area contributed by atoms with E-state index < -0.39 is 0 Å². The summed E-state index contributed by atoms with van der Waals surface area (Å²) in [5.41, 5.74) is 1.64. The molecule has 1 amide bonds. The van der Waals surface area contributed by atoms with Gasteiger partial charge in [0, 0.05) is 16.8 Å². The minimum absolute atomic E-state index is 0.0858. The Hall–Kier alpha value is -2.40. The Bertz CT molecular complexity index is 793. The third-order valence-corrected chi connectivity index (χ3v) is 4.34. The van der Waals surface area contributed by atoms with E-state index in [1.165, 1.54) is 0 Å². The third-order valence-electron chi connectivity index (χ3n) is 4.11. The monoisotopic (exact) mass is 345 g/mol. The molecule has 0 aromatic heterocycles. The van der Waals surface area contributed by atoms with Crippen molar-refractivity contribution < 1.29 is 19.0 Å². The number of hydrogen-bond donors (Lipinski definition) is 1. The van der Waals surface area contributed by atoms with Crippen molar-refractivity contribution in [1.29, 1.82) is 0 Å². The van der Waals surface area contributed by atoms with Crippen molar-refractivity contribution in [3.05, 3.63) is 47.0 Å². The molecule has 24 heavy (non-hydrogen) atoms. The Balaban J connectivity index is 1.47. The standard InChI is InChI=1S/C18H16ClNO4/c19-13-1-3-15-11(8-13)7-12(10-24-15)18(21)20-14-2-4-16-17(9-14)23-6-5-22-16/h1-4,8-9,12H,5-7,10H2,(H,20,21). The highest BCUT2D eigenvalue weighted by Gasteiger charge is 2.26. The van der Waals surface area contributed by atoms with E-state index in [-0.39, 0.29) is 11.8 Å². The molecule has 2 aliphatic heterocycles. The number of rotatable bonds is 2. The SMILES string of the molecule is O=C(Nc1ccc2c(c1)OCCO2)C1COc2ccc(Cl)cc2C1. The first kappa shape index (κ1) is 15.1. The number of hydrogen-bond acceptors (Lipinski definition) is 4. The van der Waals surface area contributed by atoms with Crippen LogP contribution in [-0.2, 0) is 11.2 Å². The number of carbonyl (C=O) groups is 1. The van der Waals surface area contributed by atoms with Gasteiger partial charge < -0.3 is 19.5 Å². The number of anilines is 1. The largest absolute Gasteiger partial charge is 0.492 e. The zero-order chi connectivity index (χ0) is 16.5. The van der Waals surface area contributed by atoms with Crippen molar-refractivity contribution in [2.24, 2.45) is 5.92 Å². The summed E-state index contributed by atoms with van der Waals surface area (Å²) in [6, 6.07) is 10.9. The Morgan fingerprint density at radius 2 is 1.79 bits per heavy atom. The topological polar surface area (TPSA) is 56.8 Å². The summed E-state index contributed by atoms with van der Waals surface area (Å²) in [7, 11) is 0. The molecule has 0 aliphatic carbocycles. The van der Waals surface area contributed by atoms with Gasteiger partial charge in [0.15, 0.2) is 11.5 Å². The third kappa shape index (κ3) is 2.99. The zero-order valence-corrected chi connectivity index (χ0v) is 13.6. The van der Waals surface area contributed by atoms with Crippen molar-refractivity contribution in [1.82, 2.24) is 0 Å². The molecular formula is C18H16ClNO4. The molecule has 124 valence electrons. The van der Waals surface area contributed by atoms with E-state index in [1.54, 1.807) is 24.3 Å². The summed E-state index contributed by atoms with van der Waals surface area (Å²) in [6.45, 7) is 1.41. The molecule has 2 aromatic rings. The summed E-state index contributed by atoms with van der Waals surface area (Å²) in [4.78, 5) is 12.5. The van der Waals surface area contributed by atoms with Gasteiger partial charge in [-0.3, -0.25) is 4.79 Å². The number of fused-ring (bicyclic) bond motifs is 2. The number of ether oxygens (including phenoxy) is 3. The highest BCUT2D eigenvalue weighted by atomic mass is 35.5. The fourth-order valence-corrected chi connectivity index (χ4v) is 3.09. The Labute approximate surface area is 144 Å². The Kier molecular flexibility index (Phi) is 3.94. The predicted octanol–water partition coefficient (Wildman–Crippen LogP) is 3.30. The van der Waals surface area contributed by atoms with E-state index in [4.69, 9.17) is 25.8 Å². The van der Waals surface area contributed by atoms with Gasteiger partial charge in [-0.05, 0) is 42.3 Å². The van der Waals surface area contributed by atoms with Crippen LogP contribution in [0.3, 0.4) is 0 Å². The van der Waals surface area contributed by atoms with Gasteiger partial charge >= 0.3 is 0 Å². The zero-order valence-electron chi connectivity index (χ0n) is 12.9. The Morgan fingerprint density at radius 1 is 1.00 bits per heavy atom. The maximum Gasteiger partial charge on any atom is 0.231 e. The number of halogens is 1. The highest BCUT2D eigenvalue weighted by molar-refractivity contribution is 6.30. The normalized spacial score (nSPS) is 18.3. The predicted molar refractivity (Wildman–Crippen MR) is 90.2 cm³/mol. The smallest absolute Gasteiger partial charge is 0.231 e. The van der Waals surface area contributed by atoms with E-state index in [1.807, 2.05) is 12.1 Å². The lowest BCUT2D eigenvalue weighted by atomic mass is 9.96.